The standard InChI is InChI=1S/C3H2N2O2S/c6-5(7)3-1-4-2-8-3/h1-2H. The van der Waals surface area contributed by atoms with Crippen LogP contribution in [0.25, 0.3) is 0 Å². The molecule has 0 radical (unpaired) electrons. The Balaban J connectivity index is 2.93. The van der Waals surface area contributed by atoms with Gasteiger partial charge in [-0.05, 0) is 11.3 Å². The van der Waals surface area contributed by atoms with Crippen LogP contribution in [0.15, 0.2) is 11.7 Å². The molecule has 0 aliphatic rings. The minimum Gasteiger partial charge on any atom is -0.257 e. The molecule has 0 unspecified atom stereocenters. The van der Waals surface area contributed by atoms with Crippen LogP contribution < -0.4 is 0 Å². The summed E-state index contributed by atoms with van der Waals surface area (Å²) in [5.41, 5.74) is 1.43. The van der Waals surface area contributed by atoms with Crippen LogP contribution in [0.1, 0.15) is 0 Å². The normalized spacial score (nSPS) is 9.00. The Morgan fingerprint density at radius 2 is 2.62 bits per heavy atom. The second-order valence-electron chi connectivity index (χ2n) is 1.10. The number of thiazole rings is 1. The van der Waals surface area contributed by atoms with Crippen LogP contribution >= 0.6 is 11.3 Å². The summed E-state index contributed by atoms with van der Waals surface area (Å²) >= 11 is 1.02. The summed E-state index contributed by atoms with van der Waals surface area (Å²) in [6.45, 7) is 0. The molecule has 4 nitrogen and oxygen atoms in total. The average molecular weight is 130 g/mol. The van der Waals surface area contributed by atoms with E-state index in [-0.39, 0.29) is 5.00 Å². The zero-order valence-corrected chi connectivity index (χ0v) is 4.59. The first-order valence-corrected chi connectivity index (χ1v) is 2.71. The molecule has 0 N–H and O–H groups in total. The van der Waals surface area contributed by atoms with Crippen molar-refractivity contribution in [2.24, 2.45) is 0 Å². The summed E-state index contributed by atoms with van der Waals surface area (Å²) in [4.78, 5) is 12.9. The highest BCUT2D eigenvalue weighted by Crippen LogP contribution is 2.14. The van der Waals surface area contributed by atoms with Crippen molar-refractivity contribution in [2.75, 3.05) is 0 Å². The van der Waals surface area contributed by atoms with Gasteiger partial charge in [-0.1, -0.05) is 0 Å². The molecular weight excluding hydrogens is 128 g/mol. The fourth-order valence-electron chi connectivity index (χ4n) is 0.299. The zero-order chi connectivity index (χ0) is 5.98. The second-order valence-corrected chi connectivity index (χ2v) is 1.96. The van der Waals surface area contributed by atoms with E-state index in [0.717, 1.165) is 11.3 Å². The summed E-state index contributed by atoms with van der Waals surface area (Å²) in [5, 5.41) is 9.93. The number of aromatic nitrogens is 1. The van der Waals surface area contributed by atoms with E-state index in [1.807, 2.05) is 0 Å². The minimum atomic E-state index is -0.461. The molecule has 1 rings (SSSR count). The largest absolute Gasteiger partial charge is 0.343 e. The van der Waals surface area contributed by atoms with Crippen molar-refractivity contribution in [1.82, 2.24) is 4.98 Å². The summed E-state index contributed by atoms with van der Waals surface area (Å²) in [6, 6.07) is 0. The van der Waals surface area contributed by atoms with Crippen LogP contribution in [0.3, 0.4) is 0 Å². The van der Waals surface area contributed by atoms with Gasteiger partial charge in [0, 0.05) is 0 Å². The van der Waals surface area contributed by atoms with Crippen LogP contribution in [0.5, 0.6) is 0 Å². The maximum absolute atomic E-state index is 9.84. The van der Waals surface area contributed by atoms with Gasteiger partial charge in [-0.2, -0.15) is 0 Å². The third kappa shape index (κ3) is 0.812. The molecule has 0 saturated carbocycles. The van der Waals surface area contributed by atoms with Gasteiger partial charge in [-0.3, -0.25) is 10.1 Å². The van der Waals surface area contributed by atoms with E-state index in [1.165, 1.54) is 11.7 Å². The molecule has 0 fully saturated rings. The Kier molecular flexibility index (Phi) is 1.21. The van der Waals surface area contributed by atoms with E-state index in [2.05, 4.69) is 4.98 Å². The van der Waals surface area contributed by atoms with Crippen molar-refractivity contribution in [3.63, 3.8) is 0 Å². The smallest absolute Gasteiger partial charge is 0.257 e. The molecular formula is C3H2N2O2S. The van der Waals surface area contributed by atoms with Gasteiger partial charge in [-0.25, -0.2) is 4.98 Å². The molecule has 0 atom stereocenters. The maximum atomic E-state index is 9.84. The molecule has 0 aliphatic heterocycles. The number of rotatable bonds is 1. The third-order valence-corrected chi connectivity index (χ3v) is 1.32. The van der Waals surface area contributed by atoms with E-state index >= 15 is 0 Å². The molecule has 5 heteroatoms. The maximum Gasteiger partial charge on any atom is 0.343 e. The molecule has 0 spiro atoms. The topological polar surface area (TPSA) is 56.0 Å². The Morgan fingerprint density at radius 1 is 1.88 bits per heavy atom. The molecule has 0 bridgehead atoms. The molecule has 0 aromatic carbocycles. The SMILES string of the molecule is O=[N+]([O-])c1cncs1. The van der Waals surface area contributed by atoms with Crippen LogP contribution in [0.4, 0.5) is 5.00 Å². The highest BCUT2D eigenvalue weighted by Gasteiger charge is 2.03. The molecule has 8 heavy (non-hydrogen) atoms. The van der Waals surface area contributed by atoms with Crippen molar-refractivity contribution in [2.45, 2.75) is 0 Å². The summed E-state index contributed by atoms with van der Waals surface area (Å²) in [7, 11) is 0. The molecule has 1 aromatic heterocycles. The highest BCUT2D eigenvalue weighted by atomic mass is 32.1. The van der Waals surface area contributed by atoms with E-state index in [4.69, 9.17) is 0 Å². The van der Waals surface area contributed by atoms with E-state index in [1.54, 1.807) is 0 Å². The lowest BCUT2D eigenvalue weighted by Gasteiger charge is -1.75. The van der Waals surface area contributed by atoms with Gasteiger partial charge >= 0.3 is 5.00 Å². The highest BCUT2D eigenvalue weighted by molar-refractivity contribution is 7.12. The van der Waals surface area contributed by atoms with Crippen molar-refractivity contribution in [3.8, 4) is 0 Å². The summed E-state index contributed by atoms with van der Waals surface area (Å²) in [6.07, 6.45) is 1.23. The predicted molar refractivity (Wildman–Crippen MR) is 28.8 cm³/mol. The van der Waals surface area contributed by atoms with Gasteiger partial charge in [0.05, 0.1) is 10.4 Å². The van der Waals surface area contributed by atoms with Gasteiger partial charge in [0.2, 0.25) is 0 Å². The zero-order valence-electron chi connectivity index (χ0n) is 3.77. The van der Waals surface area contributed by atoms with Gasteiger partial charge in [-0.15, -0.1) is 0 Å². The fourth-order valence-corrected chi connectivity index (χ4v) is 0.737. The second kappa shape index (κ2) is 1.87. The Hall–Kier alpha value is -0.970. The van der Waals surface area contributed by atoms with Crippen LogP contribution in [-0.4, -0.2) is 9.91 Å². The molecule has 42 valence electrons. The first-order chi connectivity index (χ1) is 3.80. The number of hydrogen-bond acceptors (Lipinski definition) is 4. The van der Waals surface area contributed by atoms with Crippen molar-refractivity contribution in [3.05, 3.63) is 21.8 Å². The quantitative estimate of drug-likeness (QED) is 0.421. The first-order valence-electron chi connectivity index (χ1n) is 1.83. The number of hydrogen-bond donors (Lipinski definition) is 0. The monoisotopic (exact) mass is 130 g/mol. The molecule has 1 heterocycles. The molecule has 0 aliphatic carbocycles. The fraction of sp³-hybridized carbons (Fsp3) is 0. The van der Waals surface area contributed by atoms with Gasteiger partial charge in [0.25, 0.3) is 0 Å². The van der Waals surface area contributed by atoms with Crippen LogP contribution in [0.2, 0.25) is 0 Å². The number of nitrogens with zero attached hydrogens (tertiary/aromatic N) is 2. The lowest BCUT2D eigenvalue weighted by Crippen LogP contribution is -1.80. The van der Waals surface area contributed by atoms with Crippen LogP contribution in [0, 0.1) is 10.1 Å². The Bertz CT molecular complexity index is 183. The van der Waals surface area contributed by atoms with Crippen molar-refractivity contribution < 1.29 is 4.92 Å². The van der Waals surface area contributed by atoms with E-state index in [9.17, 15) is 10.1 Å². The first kappa shape index (κ1) is 5.17. The van der Waals surface area contributed by atoms with Crippen LogP contribution in [-0.2, 0) is 0 Å². The van der Waals surface area contributed by atoms with Gasteiger partial charge in [0.15, 0.2) is 0 Å². The van der Waals surface area contributed by atoms with Crippen molar-refractivity contribution >= 4 is 16.3 Å². The molecule has 0 saturated heterocycles. The van der Waals surface area contributed by atoms with Crippen molar-refractivity contribution in [1.29, 1.82) is 0 Å². The summed E-state index contributed by atoms with van der Waals surface area (Å²) < 4.78 is 0. The van der Waals surface area contributed by atoms with E-state index in [0.29, 0.717) is 0 Å². The van der Waals surface area contributed by atoms with Gasteiger partial charge in [0.1, 0.15) is 6.20 Å². The van der Waals surface area contributed by atoms with Gasteiger partial charge < -0.3 is 0 Å². The minimum absolute atomic E-state index is 0.0880. The Labute approximate surface area is 48.9 Å². The average Bonchev–Trinajstić information content (AvgIpc) is 2.12. The summed E-state index contributed by atoms with van der Waals surface area (Å²) in [5.74, 6) is 0. The predicted octanol–water partition coefficient (Wildman–Crippen LogP) is 1.05. The third-order valence-electron chi connectivity index (χ3n) is 0.599. The molecule has 1 aromatic rings. The Morgan fingerprint density at radius 3 is 2.88 bits per heavy atom. The lowest BCUT2D eigenvalue weighted by atomic mass is 10.9. The molecule has 0 amide bonds. The number of nitro groups is 1. The van der Waals surface area contributed by atoms with E-state index < -0.39 is 4.92 Å². The lowest BCUT2D eigenvalue weighted by molar-refractivity contribution is -0.380.